The summed E-state index contributed by atoms with van der Waals surface area (Å²) in [6.45, 7) is 24.1. The molecule has 7 N–H and O–H groups in total. The van der Waals surface area contributed by atoms with E-state index in [1.165, 1.54) is 0 Å². The molecular formula is C90H92N8O17. The zero-order valence-electron chi connectivity index (χ0n) is 66.6. The number of aliphatic carboxylic acids is 1. The molecule has 6 aliphatic rings. The highest BCUT2D eigenvalue weighted by Gasteiger charge is 2.61. The van der Waals surface area contributed by atoms with E-state index in [0.717, 1.165) is 0 Å². The molecule has 1 saturated carbocycles. The molecule has 594 valence electrons. The van der Waals surface area contributed by atoms with Crippen LogP contribution in [0.3, 0.4) is 0 Å². The molecule has 0 radical (unpaired) electrons. The highest BCUT2D eigenvalue weighted by molar-refractivity contribution is 6.04. The van der Waals surface area contributed by atoms with E-state index in [0.29, 0.717) is 139 Å². The van der Waals surface area contributed by atoms with Gasteiger partial charge >= 0.3 is 5.97 Å². The van der Waals surface area contributed by atoms with E-state index in [4.69, 9.17) is 42.9 Å². The molecule has 6 amide bonds. The average molecular weight is 1560 g/mol. The lowest BCUT2D eigenvalue weighted by atomic mass is 9.52. The van der Waals surface area contributed by atoms with Crippen molar-refractivity contribution in [3.05, 3.63) is 147 Å². The second-order valence-electron chi connectivity index (χ2n) is 31.7. The van der Waals surface area contributed by atoms with Gasteiger partial charge in [0.1, 0.15) is 51.8 Å². The molecule has 7 atom stereocenters. The van der Waals surface area contributed by atoms with E-state index in [-0.39, 0.29) is 173 Å². The first kappa shape index (κ1) is 76.6. The molecule has 6 heterocycles. The van der Waals surface area contributed by atoms with Crippen molar-refractivity contribution < 1.29 is 81.4 Å². The topological polar surface area (TPSA) is 321 Å². The number of nitrogens with zero attached hydrogens (tertiary/aromatic N) is 2. The molecule has 2 bridgehead atoms. The number of carbonyl (C=O) groups excluding carboxylic acids is 7. The van der Waals surface area contributed by atoms with Crippen LogP contribution in [0.15, 0.2) is 97.1 Å². The summed E-state index contributed by atoms with van der Waals surface area (Å²) in [7, 11) is 0. The van der Waals surface area contributed by atoms with Gasteiger partial charge in [-0.25, -0.2) is 4.98 Å². The number of benzene rings is 8. The Hall–Kier alpha value is -12.4. The van der Waals surface area contributed by atoms with Crippen LogP contribution in [0, 0.1) is 10.8 Å². The zero-order chi connectivity index (χ0) is 81.2. The predicted octanol–water partition coefficient (Wildman–Crippen LogP) is 21.4. The molecule has 9 aromatic rings. The standard InChI is InChI=1S/C90H92N8O17/c1-14-43-47-24-49-44(15-2)51-26-53-46(17-4)54-27-52-45(16-3)50-25-48(43)64-37-66(50)111-75-32-59(95-83(103)22-9)60(96-84(104)23-10)33-76(75)113-68(52)39-70(54)115-78-35-62-61(97-85-88(11)40-89(12,86(105)98(62)85)42-90(13,41-88)87(106)107)34-77(78)114-69(53)38-67(51)112-74-31-58(94-82(102)21-8)57(93-81(101)20-7)30-73(74)110-65(49)36-63(47)108-71-28-55(91-79(99)18-5)56(29-72(71)109-64)92-80(100)19-6/h24-39,43-46H,14-23,40-42H2,1-13H3,(H,91,99)(H,92,100)(H,93,101)(H,94,102)(H,95,103)(H,96,104)(H,106,107)/t43?,44?,45?,46?,88?,89-,90+/m0/s1. The van der Waals surface area contributed by atoms with Gasteiger partial charge in [0, 0.05) is 190 Å². The largest absolute Gasteiger partial charge is 0.481 e. The number of carboxylic acids is 1. The van der Waals surface area contributed by atoms with Crippen LogP contribution < -0.4 is 69.8 Å². The monoisotopic (exact) mass is 1560 g/mol. The van der Waals surface area contributed by atoms with Crippen molar-refractivity contribution in [2.24, 2.45) is 10.8 Å². The Morgan fingerprint density at radius 2 is 0.574 bits per heavy atom. The number of ether oxygens (including phenoxy) is 8. The van der Waals surface area contributed by atoms with E-state index >= 15 is 4.79 Å². The Bertz CT molecular complexity index is 5670. The van der Waals surface area contributed by atoms with E-state index in [2.05, 4.69) is 83.9 Å². The van der Waals surface area contributed by atoms with Crippen LogP contribution in [-0.4, -0.2) is 62.0 Å². The number of rotatable bonds is 17. The fraction of sp³-hybridized carbons (Fsp3) is 0.367. The lowest BCUT2D eigenvalue weighted by Crippen LogP contribution is -2.56. The minimum absolute atomic E-state index is 0.0946. The maximum absolute atomic E-state index is 15.5. The predicted molar refractivity (Wildman–Crippen MR) is 433 cm³/mol. The number of hydrogen-bond acceptors (Lipinski definition) is 17. The van der Waals surface area contributed by atoms with Gasteiger partial charge in [-0.05, 0) is 76.1 Å². The maximum atomic E-state index is 15.5. The number of imidazole rings is 1. The molecule has 8 aromatic carbocycles. The minimum atomic E-state index is -1.25. The molecule has 1 aromatic heterocycles. The maximum Gasteiger partial charge on any atom is 0.309 e. The van der Waals surface area contributed by atoms with Crippen molar-refractivity contribution in [2.75, 3.05) is 31.9 Å². The van der Waals surface area contributed by atoms with Crippen LogP contribution in [0.1, 0.15) is 252 Å². The van der Waals surface area contributed by atoms with E-state index < -0.39 is 45.9 Å². The molecule has 115 heavy (non-hydrogen) atoms. The number of hydrogen-bond donors (Lipinski definition) is 7. The Balaban J connectivity index is 1.05. The number of aromatic nitrogens is 2. The summed E-state index contributed by atoms with van der Waals surface area (Å²) in [5, 5.41) is 28.8. The quantitative estimate of drug-likeness (QED) is 0.0445. The number of fused-ring (bicyclic) bond motifs is 18. The van der Waals surface area contributed by atoms with Gasteiger partial charge < -0.3 is 74.9 Å². The highest BCUT2D eigenvalue weighted by atomic mass is 16.5. The Kier molecular flexibility index (Phi) is 19.4. The first-order valence-electron chi connectivity index (χ1n) is 40.0. The minimum Gasteiger partial charge on any atom is -0.481 e. The third kappa shape index (κ3) is 13.3. The lowest BCUT2D eigenvalue weighted by Gasteiger charge is -2.53. The molecule has 15 rings (SSSR count). The van der Waals surface area contributed by atoms with Crippen molar-refractivity contribution in [1.29, 1.82) is 0 Å². The van der Waals surface area contributed by atoms with Crippen LogP contribution in [0.25, 0.3) is 11.0 Å². The van der Waals surface area contributed by atoms with Crippen molar-refractivity contribution >= 4 is 92.5 Å². The van der Waals surface area contributed by atoms with Gasteiger partial charge in [-0.1, -0.05) is 83.1 Å². The Morgan fingerprint density at radius 1 is 0.339 bits per heavy atom. The van der Waals surface area contributed by atoms with Crippen LogP contribution in [0.2, 0.25) is 0 Å². The summed E-state index contributed by atoms with van der Waals surface area (Å²) in [6, 6.07) is 29.0. The lowest BCUT2D eigenvalue weighted by molar-refractivity contribution is -0.154. The SMILES string of the molecule is CCC(=O)Nc1cc2c(cc1NC(=O)CC)Oc1cc3c4cc1C(CC)c1cc5c(cc1O2)Oc1cc(NC(=O)CC)c(NC(=O)CC)cc1Oc1cc2c(cc1C5CC)C(CC)c1cc(c(cc1Oc1cc5c(cc1O2)nc1n5C(=O)[C@@]2(C)CC1(C)C[C@@](C)(C(=O)O)C2)Oc1cc(NC(=O)CC)c(NC(=O)CC)cc1O3)C4CC. The van der Waals surface area contributed by atoms with Crippen molar-refractivity contribution in [3.8, 4) is 92.0 Å². The number of carboxylic acid groups (broad SMARTS) is 1. The number of anilines is 6. The van der Waals surface area contributed by atoms with Crippen molar-refractivity contribution in [1.82, 2.24) is 9.55 Å². The normalized spacial score (nSPS) is 20.4. The first-order valence-corrected chi connectivity index (χ1v) is 40.0. The van der Waals surface area contributed by atoms with E-state index in [1.54, 1.807) is 102 Å². The summed E-state index contributed by atoms with van der Waals surface area (Å²) in [4.78, 5) is 116. The van der Waals surface area contributed by atoms with E-state index in [9.17, 15) is 38.7 Å². The Morgan fingerprint density at radius 3 is 0.809 bits per heavy atom. The van der Waals surface area contributed by atoms with Gasteiger partial charge in [-0.2, -0.15) is 0 Å². The van der Waals surface area contributed by atoms with Gasteiger partial charge in [-0.3, -0.25) is 42.9 Å². The zero-order valence-corrected chi connectivity index (χ0v) is 66.6. The summed E-state index contributed by atoms with van der Waals surface area (Å²) in [5.74, 6) is -1.73. The van der Waals surface area contributed by atoms with Gasteiger partial charge in [-0.15, -0.1) is 0 Å². The van der Waals surface area contributed by atoms with Gasteiger partial charge in [0.15, 0.2) is 46.0 Å². The Labute approximate surface area is 664 Å². The third-order valence-corrected chi connectivity index (χ3v) is 23.6. The number of amides is 6. The first-order chi connectivity index (χ1) is 55.1. The number of nitrogens with one attached hydrogen (secondary N) is 6. The smallest absolute Gasteiger partial charge is 0.309 e. The molecule has 1 fully saturated rings. The van der Waals surface area contributed by atoms with Crippen LogP contribution in [-0.2, 0) is 39.0 Å². The summed E-state index contributed by atoms with van der Waals surface area (Å²) in [6.07, 6.45) is 2.97. The second-order valence-corrected chi connectivity index (χ2v) is 31.7. The fourth-order valence-corrected chi connectivity index (χ4v) is 18.2. The molecule has 5 aliphatic heterocycles. The van der Waals surface area contributed by atoms with Crippen molar-refractivity contribution in [3.63, 3.8) is 0 Å². The molecule has 1 aliphatic carbocycles. The fourth-order valence-electron chi connectivity index (χ4n) is 18.2. The average Bonchev–Trinajstić information content (AvgIpc) is 1.60. The molecule has 0 spiro atoms. The summed E-state index contributed by atoms with van der Waals surface area (Å²) in [5.41, 5.74) is 4.41. The van der Waals surface area contributed by atoms with Gasteiger partial charge in [0.05, 0.1) is 50.6 Å². The molecule has 5 unspecified atom stereocenters. The van der Waals surface area contributed by atoms with E-state index in [1.807, 2.05) is 38.1 Å². The molecule has 0 saturated heterocycles. The summed E-state index contributed by atoms with van der Waals surface area (Å²) >= 11 is 0. The van der Waals surface area contributed by atoms with Crippen LogP contribution in [0.5, 0.6) is 92.0 Å². The molecule has 25 nitrogen and oxygen atoms in total. The summed E-state index contributed by atoms with van der Waals surface area (Å²) < 4.78 is 61.3. The molecular weight excluding hydrogens is 1470 g/mol. The third-order valence-electron chi connectivity index (χ3n) is 23.6. The van der Waals surface area contributed by atoms with Crippen LogP contribution >= 0.6 is 0 Å². The van der Waals surface area contributed by atoms with Crippen LogP contribution in [0.4, 0.5) is 34.1 Å². The van der Waals surface area contributed by atoms with Gasteiger partial charge in [0.25, 0.3) is 0 Å². The second kappa shape index (κ2) is 29.2. The van der Waals surface area contributed by atoms with Gasteiger partial charge in [0.2, 0.25) is 41.4 Å². The highest BCUT2D eigenvalue weighted by Crippen LogP contribution is 2.63. The molecule has 25 heteroatoms. The van der Waals surface area contributed by atoms with Crippen molar-refractivity contribution in [2.45, 2.75) is 203 Å². The number of carbonyl (C=O) groups is 8.